The van der Waals surface area contributed by atoms with Gasteiger partial charge in [0.1, 0.15) is 12.5 Å². The van der Waals surface area contributed by atoms with Crippen LogP contribution in [0.2, 0.25) is 0 Å². The van der Waals surface area contributed by atoms with Crippen molar-refractivity contribution in [1.82, 2.24) is 0 Å². The van der Waals surface area contributed by atoms with E-state index in [1.807, 2.05) is 37.6 Å². The van der Waals surface area contributed by atoms with E-state index in [4.69, 9.17) is 14.2 Å². The first-order chi connectivity index (χ1) is 14.9. The van der Waals surface area contributed by atoms with Crippen LogP contribution in [0, 0.1) is 5.92 Å². The molecule has 0 heterocycles. The minimum Gasteiger partial charge on any atom is -0.496 e. The Labute approximate surface area is 197 Å². The number of rotatable bonds is 9. The van der Waals surface area contributed by atoms with Crippen molar-refractivity contribution in [2.45, 2.75) is 57.8 Å². The standard InChI is InChI=1S/C26H38O3S2/c1-8-28-16-29-15-26-14-13-20(25(30-6)31-7)18(4)22(26)11-10-21-23(26)12-9-19(17(2)3)24(21)27-5/h9,12,17,22H,4,8,10-11,13-16H2,1-3,5-7H3/t22-,26+/m0/s1. The minimum absolute atomic E-state index is 0.0734. The maximum Gasteiger partial charge on any atom is 0.146 e. The molecule has 31 heavy (non-hydrogen) atoms. The molecule has 0 aromatic heterocycles. The molecule has 0 radical (unpaired) electrons. The first-order valence-corrected chi connectivity index (χ1v) is 13.8. The summed E-state index contributed by atoms with van der Waals surface area (Å²) in [5.41, 5.74) is 6.77. The Morgan fingerprint density at radius 3 is 2.55 bits per heavy atom. The number of hydrogen-bond donors (Lipinski definition) is 0. The third kappa shape index (κ3) is 4.62. The molecule has 1 aromatic rings. The van der Waals surface area contributed by atoms with Crippen LogP contribution in [0.3, 0.4) is 0 Å². The molecule has 1 saturated carbocycles. The van der Waals surface area contributed by atoms with Crippen LogP contribution < -0.4 is 4.74 Å². The molecular formula is C26H38O3S2. The van der Waals surface area contributed by atoms with Gasteiger partial charge in [0.25, 0.3) is 0 Å². The number of allylic oxidation sites excluding steroid dienone is 2. The zero-order valence-corrected chi connectivity index (χ0v) is 21.6. The predicted octanol–water partition coefficient (Wildman–Crippen LogP) is 6.92. The van der Waals surface area contributed by atoms with Crippen molar-refractivity contribution in [2.75, 3.05) is 39.6 Å². The number of benzene rings is 1. The molecule has 2 aliphatic rings. The van der Waals surface area contributed by atoms with Gasteiger partial charge in [-0.15, -0.1) is 23.5 Å². The highest BCUT2D eigenvalue weighted by Crippen LogP contribution is 2.57. The lowest BCUT2D eigenvalue weighted by Crippen LogP contribution is -2.47. The second-order valence-corrected chi connectivity index (χ2v) is 10.7. The predicted molar refractivity (Wildman–Crippen MR) is 135 cm³/mol. The van der Waals surface area contributed by atoms with Crippen LogP contribution in [-0.2, 0) is 21.3 Å². The topological polar surface area (TPSA) is 27.7 Å². The summed E-state index contributed by atoms with van der Waals surface area (Å²) in [4.78, 5) is 0. The number of fused-ring (bicyclic) bond motifs is 3. The smallest absolute Gasteiger partial charge is 0.146 e. The maximum atomic E-state index is 6.15. The van der Waals surface area contributed by atoms with E-state index >= 15 is 0 Å². The number of thioether (sulfide) groups is 2. The molecule has 5 heteroatoms. The average Bonchev–Trinajstić information content (AvgIpc) is 2.78. The highest BCUT2D eigenvalue weighted by molar-refractivity contribution is 8.21. The summed E-state index contributed by atoms with van der Waals surface area (Å²) >= 11 is 3.70. The molecule has 1 aromatic carbocycles. The highest BCUT2D eigenvalue weighted by Gasteiger charge is 2.49. The van der Waals surface area contributed by atoms with Gasteiger partial charge in [-0.1, -0.05) is 32.6 Å². The number of methoxy groups -OCH3 is 1. The van der Waals surface area contributed by atoms with Gasteiger partial charge in [0.15, 0.2) is 0 Å². The first kappa shape index (κ1) is 24.8. The van der Waals surface area contributed by atoms with Gasteiger partial charge in [-0.25, -0.2) is 0 Å². The molecule has 1 fully saturated rings. The van der Waals surface area contributed by atoms with Gasteiger partial charge in [-0.2, -0.15) is 0 Å². The van der Waals surface area contributed by atoms with Crippen molar-refractivity contribution in [1.29, 1.82) is 0 Å². The third-order valence-corrected chi connectivity index (χ3v) is 9.21. The average molecular weight is 463 g/mol. The SMILES string of the molecule is C=C1C(=C(SC)SC)CC[C@]2(COCOCC)c3ccc(C(C)C)c(OC)c3CC[C@@H]12. The summed E-state index contributed by atoms with van der Waals surface area (Å²) in [6.45, 7) is 12.8. The summed E-state index contributed by atoms with van der Waals surface area (Å²) in [6, 6.07) is 4.63. The van der Waals surface area contributed by atoms with Crippen LogP contribution >= 0.6 is 23.5 Å². The van der Waals surface area contributed by atoms with Crippen molar-refractivity contribution in [2.24, 2.45) is 5.92 Å². The minimum atomic E-state index is -0.0734. The van der Waals surface area contributed by atoms with E-state index in [0.29, 0.717) is 31.8 Å². The second kappa shape index (κ2) is 10.8. The Morgan fingerprint density at radius 1 is 1.19 bits per heavy atom. The monoisotopic (exact) mass is 462 g/mol. The number of hydrogen-bond acceptors (Lipinski definition) is 5. The van der Waals surface area contributed by atoms with Crippen molar-refractivity contribution in [3.05, 3.63) is 50.8 Å². The molecular weight excluding hydrogens is 424 g/mol. The Morgan fingerprint density at radius 2 is 1.94 bits per heavy atom. The molecule has 0 N–H and O–H groups in total. The van der Waals surface area contributed by atoms with Crippen molar-refractivity contribution < 1.29 is 14.2 Å². The van der Waals surface area contributed by atoms with Crippen LogP contribution in [0.1, 0.15) is 62.6 Å². The summed E-state index contributed by atoms with van der Waals surface area (Å²) in [6.07, 6.45) is 8.57. The van der Waals surface area contributed by atoms with Crippen LogP contribution in [0.4, 0.5) is 0 Å². The fraction of sp³-hybridized carbons (Fsp3) is 0.615. The first-order valence-electron chi connectivity index (χ1n) is 11.3. The zero-order chi connectivity index (χ0) is 22.6. The second-order valence-electron chi connectivity index (χ2n) is 8.77. The third-order valence-electron chi connectivity index (χ3n) is 6.98. The molecule has 3 nitrogen and oxygen atoms in total. The quantitative estimate of drug-likeness (QED) is 0.293. The van der Waals surface area contributed by atoms with E-state index < -0.39 is 0 Å². The number of ether oxygens (including phenoxy) is 3. The molecule has 0 saturated heterocycles. The van der Waals surface area contributed by atoms with Crippen LogP contribution in [0.25, 0.3) is 0 Å². The van der Waals surface area contributed by atoms with Crippen molar-refractivity contribution in [3.63, 3.8) is 0 Å². The zero-order valence-electron chi connectivity index (χ0n) is 20.0. The van der Waals surface area contributed by atoms with Gasteiger partial charge in [0.2, 0.25) is 0 Å². The van der Waals surface area contributed by atoms with Crippen LogP contribution in [-0.4, -0.2) is 39.6 Å². The molecule has 172 valence electrons. The lowest BCUT2D eigenvalue weighted by atomic mass is 9.55. The summed E-state index contributed by atoms with van der Waals surface area (Å²) in [7, 11) is 1.82. The van der Waals surface area contributed by atoms with Gasteiger partial charge >= 0.3 is 0 Å². The summed E-state index contributed by atoms with van der Waals surface area (Å²) in [5.74, 6) is 1.90. The van der Waals surface area contributed by atoms with E-state index in [-0.39, 0.29) is 5.41 Å². The Kier molecular flexibility index (Phi) is 8.65. The molecule has 0 amide bonds. The van der Waals surface area contributed by atoms with Crippen LogP contribution in [0.15, 0.2) is 34.1 Å². The maximum absolute atomic E-state index is 6.15. The Hall–Kier alpha value is -0.880. The molecule has 0 aliphatic heterocycles. The van der Waals surface area contributed by atoms with E-state index in [1.54, 1.807) is 0 Å². The highest BCUT2D eigenvalue weighted by atomic mass is 32.2. The van der Waals surface area contributed by atoms with Crippen molar-refractivity contribution >= 4 is 23.5 Å². The fourth-order valence-corrected chi connectivity index (χ4v) is 7.15. The summed E-state index contributed by atoms with van der Waals surface area (Å²) < 4.78 is 19.1. The molecule has 0 unspecified atom stereocenters. The normalized spacial score (nSPS) is 23.0. The van der Waals surface area contributed by atoms with E-state index in [0.717, 1.165) is 31.4 Å². The van der Waals surface area contributed by atoms with E-state index in [2.05, 4.69) is 45.1 Å². The van der Waals surface area contributed by atoms with E-state index in [1.165, 1.54) is 32.1 Å². The fourth-order valence-electron chi connectivity index (χ4n) is 5.52. The van der Waals surface area contributed by atoms with Crippen molar-refractivity contribution in [3.8, 4) is 5.75 Å². The van der Waals surface area contributed by atoms with Crippen LogP contribution in [0.5, 0.6) is 5.75 Å². The molecule has 0 bridgehead atoms. The lowest BCUT2D eigenvalue weighted by molar-refractivity contribution is -0.0753. The largest absolute Gasteiger partial charge is 0.496 e. The van der Waals surface area contributed by atoms with Gasteiger partial charge in [0.05, 0.1) is 13.7 Å². The van der Waals surface area contributed by atoms with Gasteiger partial charge in [-0.3, -0.25) is 0 Å². The van der Waals surface area contributed by atoms with Gasteiger partial charge in [-0.05, 0) is 84.8 Å². The van der Waals surface area contributed by atoms with Gasteiger partial charge in [0, 0.05) is 16.3 Å². The Balaban J connectivity index is 2.10. The summed E-state index contributed by atoms with van der Waals surface area (Å²) in [5, 5.41) is 0. The molecule has 3 rings (SSSR count). The molecule has 2 aliphatic carbocycles. The lowest BCUT2D eigenvalue weighted by Gasteiger charge is -2.50. The van der Waals surface area contributed by atoms with Gasteiger partial charge < -0.3 is 14.2 Å². The molecule has 2 atom stereocenters. The molecule has 0 spiro atoms. The Bertz CT molecular complexity index is 824. The van der Waals surface area contributed by atoms with E-state index in [9.17, 15) is 0 Å².